The fourth-order valence-corrected chi connectivity index (χ4v) is 6.48. The van der Waals surface area contributed by atoms with Gasteiger partial charge in [0, 0.05) is 39.3 Å². The molecule has 3 heterocycles. The van der Waals surface area contributed by atoms with Crippen molar-refractivity contribution < 1.29 is 8.78 Å². The molecule has 12 heteroatoms. The predicted molar refractivity (Wildman–Crippen MR) is 176 cm³/mol. The number of aryl methyl sites for hydroxylation is 4. The Hall–Kier alpha value is -5.20. The van der Waals surface area contributed by atoms with Crippen molar-refractivity contribution in [1.82, 2.24) is 50.2 Å². The van der Waals surface area contributed by atoms with Gasteiger partial charge in [-0.15, -0.1) is 10.2 Å². The molecule has 2 aromatic heterocycles. The van der Waals surface area contributed by atoms with Crippen LogP contribution in [0.15, 0.2) is 109 Å². The van der Waals surface area contributed by atoms with Crippen molar-refractivity contribution in [2.24, 2.45) is 0 Å². The van der Waals surface area contributed by atoms with Gasteiger partial charge in [-0.2, -0.15) is 0 Å². The molecule has 2 atom stereocenters. The fourth-order valence-electron chi connectivity index (χ4n) is 6.48. The van der Waals surface area contributed by atoms with Gasteiger partial charge in [0.2, 0.25) is 0 Å². The molecule has 0 spiro atoms. The highest BCUT2D eigenvalue weighted by Gasteiger charge is 2.35. The highest BCUT2D eigenvalue weighted by Crippen LogP contribution is 2.33. The zero-order valence-corrected chi connectivity index (χ0v) is 26.4. The lowest BCUT2D eigenvalue weighted by atomic mass is 10.0. The molecule has 0 saturated carbocycles. The summed E-state index contributed by atoms with van der Waals surface area (Å²) in [5.41, 5.74) is 4.23. The van der Waals surface area contributed by atoms with E-state index < -0.39 is 0 Å². The van der Waals surface area contributed by atoms with Crippen LogP contribution >= 0.6 is 0 Å². The van der Waals surface area contributed by atoms with Crippen LogP contribution in [0.4, 0.5) is 8.78 Å². The third-order valence-corrected chi connectivity index (χ3v) is 8.97. The maximum atomic E-state index is 14.1. The lowest BCUT2D eigenvalue weighted by Gasteiger charge is -2.41. The third kappa shape index (κ3) is 7.19. The van der Waals surface area contributed by atoms with Gasteiger partial charge in [-0.05, 0) is 80.2 Å². The highest BCUT2D eigenvalue weighted by atomic mass is 19.1. The molecule has 6 aromatic rings. The highest BCUT2D eigenvalue weighted by molar-refractivity contribution is 5.28. The van der Waals surface area contributed by atoms with Crippen LogP contribution in [0.1, 0.15) is 46.0 Å². The van der Waals surface area contributed by atoms with E-state index in [1.54, 1.807) is 0 Å². The zero-order chi connectivity index (χ0) is 32.7. The number of nitrogens with zero attached hydrogens (tertiary/aromatic N) is 10. The third-order valence-electron chi connectivity index (χ3n) is 8.97. The normalized spacial score (nSPS) is 15.4. The summed E-state index contributed by atoms with van der Waals surface area (Å²) in [7, 11) is 0. The maximum absolute atomic E-state index is 14.1. The second-order valence-electron chi connectivity index (χ2n) is 12.0. The Balaban J connectivity index is 1.14. The first-order valence-electron chi connectivity index (χ1n) is 16.2. The Morgan fingerprint density at radius 2 is 0.875 bits per heavy atom. The lowest BCUT2D eigenvalue weighted by Crippen LogP contribution is -2.50. The van der Waals surface area contributed by atoms with Crippen LogP contribution in [0.5, 0.6) is 0 Å². The molecule has 48 heavy (non-hydrogen) atoms. The quantitative estimate of drug-likeness (QED) is 0.185. The second kappa shape index (κ2) is 14.7. The Kier molecular flexibility index (Phi) is 9.62. The van der Waals surface area contributed by atoms with E-state index in [4.69, 9.17) is 0 Å². The predicted octanol–water partition coefficient (Wildman–Crippen LogP) is 4.92. The molecule has 1 fully saturated rings. The topological polar surface area (TPSA) is 93.7 Å². The van der Waals surface area contributed by atoms with E-state index in [-0.39, 0.29) is 23.7 Å². The minimum Gasteiger partial charge on any atom is -0.287 e. The van der Waals surface area contributed by atoms with Gasteiger partial charge in [-0.3, -0.25) is 9.80 Å². The molecular formula is C36H36F2N10. The molecule has 10 nitrogen and oxygen atoms in total. The summed E-state index contributed by atoms with van der Waals surface area (Å²) in [6, 6.07) is 33.1. The fraction of sp³-hybridized carbons (Fsp3) is 0.278. The zero-order valence-electron chi connectivity index (χ0n) is 26.4. The van der Waals surface area contributed by atoms with Gasteiger partial charge in [-0.25, -0.2) is 18.1 Å². The van der Waals surface area contributed by atoms with E-state index in [1.807, 2.05) is 70.0 Å². The number of hydrogen-bond donors (Lipinski definition) is 0. The molecule has 1 aliphatic rings. The first-order valence-corrected chi connectivity index (χ1v) is 16.2. The van der Waals surface area contributed by atoms with Crippen LogP contribution in [0, 0.1) is 11.6 Å². The van der Waals surface area contributed by atoms with Crippen molar-refractivity contribution in [3.8, 4) is 0 Å². The SMILES string of the molecule is Fc1ccc([C@@H](c2nnnn2CCc2ccccc2)N2CCN([C@@H](c3ccc(F)cc3)c3nnnn3CCc3ccccc3)CC2)cc1. The van der Waals surface area contributed by atoms with Crippen LogP contribution in [-0.4, -0.2) is 76.4 Å². The van der Waals surface area contributed by atoms with Gasteiger partial charge in [0.15, 0.2) is 11.6 Å². The summed E-state index contributed by atoms with van der Waals surface area (Å²) < 4.78 is 31.8. The number of piperazine rings is 1. The average Bonchev–Trinajstić information content (AvgIpc) is 3.80. The van der Waals surface area contributed by atoms with Crippen LogP contribution in [-0.2, 0) is 25.9 Å². The first kappa shape index (κ1) is 31.4. The maximum Gasteiger partial charge on any atom is 0.173 e. The Bertz CT molecular complexity index is 1730. The summed E-state index contributed by atoms with van der Waals surface area (Å²) in [4.78, 5) is 4.68. The van der Waals surface area contributed by atoms with E-state index in [0.29, 0.717) is 50.9 Å². The van der Waals surface area contributed by atoms with Crippen molar-refractivity contribution in [3.63, 3.8) is 0 Å². The average molecular weight is 647 g/mol. The number of tetrazole rings is 2. The van der Waals surface area contributed by atoms with Gasteiger partial charge in [-0.1, -0.05) is 84.9 Å². The largest absolute Gasteiger partial charge is 0.287 e. The monoisotopic (exact) mass is 646 g/mol. The summed E-state index contributed by atoms with van der Waals surface area (Å²) in [6.07, 6.45) is 1.56. The van der Waals surface area contributed by atoms with Crippen molar-refractivity contribution >= 4 is 0 Å². The van der Waals surface area contributed by atoms with Gasteiger partial charge < -0.3 is 0 Å². The second-order valence-corrected chi connectivity index (χ2v) is 12.0. The lowest BCUT2D eigenvalue weighted by molar-refractivity contribution is 0.0822. The van der Waals surface area contributed by atoms with Crippen molar-refractivity contribution in [3.05, 3.63) is 155 Å². The molecule has 0 radical (unpaired) electrons. The van der Waals surface area contributed by atoms with Gasteiger partial charge in [0.05, 0.1) is 12.1 Å². The van der Waals surface area contributed by atoms with Crippen LogP contribution in [0.2, 0.25) is 0 Å². The van der Waals surface area contributed by atoms with Crippen molar-refractivity contribution in [2.75, 3.05) is 26.2 Å². The van der Waals surface area contributed by atoms with E-state index in [2.05, 4.69) is 65.1 Å². The molecule has 0 aliphatic carbocycles. The van der Waals surface area contributed by atoms with Crippen molar-refractivity contribution in [2.45, 2.75) is 38.0 Å². The van der Waals surface area contributed by atoms with Crippen LogP contribution in [0.3, 0.4) is 0 Å². The number of benzene rings is 4. The van der Waals surface area contributed by atoms with E-state index in [0.717, 1.165) is 24.0 Å². The Morgan fingerprint density at radius 3 is 1.25 bits per heavy atom. The van der Waals surface area contributed by atoms with E-state index in [9.17, 15) is 8.78 Å². The molecule has 7 rings (SSSR count). The standard InChI is InChI=1S/C36H36F2N10/c37-31-15-11-29(12-16-31)33(35-39-41-43-47(35)21-19-27-7-3-1-4-8-27)45-23-25-46(26-24-45)34(30-13-17-32(38)18-14-30)36-40-42-44-48(36)22-20-28-9-5-2-6-10-28/h1-18,33-34H,19-26H2/t33-,34-/m0/s1. The van der Waals surface area contributed by atoms with Gasteiger partial charge >= 0.3 is 0 Å². The van der Waals surface area contributed by atoms with Crippen molar-refractivity contribution in [1.29, 1.82) is 0 Å². The minimum absolute atomic E-state index is 0.279. The molecule has 4 aromatic carbocycles. The number of rotatable bonds is 12. The first-order chi connectivity index (χ1) is 23.6. The Labute approximate surface area is 277 Å². The molecule has 0 N–H and O–H groups in total. The molecular weight excluding hydrogens is 610 g/mol. The van der Waals surface area contributed by atoms with Gasteiger partial charge in [0.1, 0.15) is 11.6 Å². The molecule has 1 aliphatic heterocycles. The number of halogens is 2. The smallest absolute Gasteiger partial charge is 0.173 e. The molecule has 244 valence electrons. The van der Waals surface area contributed by atoms with Crippen LogP contribution < -0.4 is 0 Å². The number of hydrogen-bond acceptors (Lipinski definition) is 8. The molecule has 0 unspecified atom stereocenters. The summed E-state index contributed by atoms with van der Waals surface area (Å²) in [5.74, 6) is 0.841. The summed E-state index contributed by atoms with van der Waals surface area (Å²) in [5, 5.41) is 25.8. The minimum atomic E-state index is -0.293. The summed E-state index contributed by atoms with van der Waals surface area (Å²) >= 11 is 0. The van der Waals surface area contributed by atoms with E-state index >= 15 is 0 Å². The number of aromatic nitrogens is 8. The summed E-state index contributed by atoms with van der Waals surface area (Å²) in [6.45, 7) is 3.94. The van der Waals surface area contributed by atoms with E-state index in [1.165, 1.54) is 35.4 Å². The van der Waals surface area contributed by atoms with Gasteiger partial charge in [0.25, 0.3) is 0 Å². The van der Waals surface area contributed by atoms with Crippen LogP contribution in [0.25, 0.3) is 0 Å². The molecule has 1 saturated heterocycles. The Morgan fingerprint density at radius 1 is 0.500 bits per heavy atom. The molecule has 0 bridgehead atoms. The molecule has 0 amide bonds.